The molecule has 1 fully saturated rings. The van der Waals surface area contributed by atoms with E-state index in [0.717, 1.165) is 16.9 Å². The van der Waals surface area contributed by atoms with Crippen LogP contribution in [0.4, 0.5) is 0 Å². The fourth-order valence-corrected chi connectivity index (χ4v) is 2.34. The van der Waals surface area contributed by atoms with E-state index >= 15 is 0 Å². The Morgan fingerprint density at radius 1 is 1.48 bits per heavy atom. The number of ether oxygens (including phenoxy) is 1. The van der Waals surface area contributed by atoms with Gasteiger partial charge in [-0.05, 0) is 19.9 Å². The lowest BCUT2D eigenvalue weighted by atomic mass is 10.0. The van der Waals surface area contributed by atoms with Gasteiger partial charge < -0.3 is 15.4 Å². The van der Waals surface area contributed by atoms with Crippen molar-refractivity contribution < 1.29 is 14.3 Å². The molecule has 0 bridgehead atoms. The van der Waals surface area contributed by atoms with Gasteiger partial charge in [-0.25, -0.2) is 0 Å². The van der Waals surface area contributed by atoms with Crippen molar-refractivity contribution in [1.82, 2.24) is 16.0 Å². The van der Waals surface area contributed by atoms with Crippen LogP contribution in [0.1, 0.15) is 24.1 Å². The van der Waals surface area contributed by atoms with E-state index < -0.39 is 6.04 Å². The summed E-state index contributed by atoms with van der Waals surface area (Å²) in [6, 6.07) is 5.29. The van der Waals surface area contributed by atoms with Gasteiger partial charge in [0.15, 0.2) is 0 Å². The van der Waals surface area contributed by atoms with Crippen molar-refractivity contribution in [2.45, 2.75) is 25.9 Å². The van der Waals surface area contributed by atoms with Crippen LogP contribution in [0.15, 0.2) is 18.2 Å². The monoisotopic (exact) mass is 291 g/mol. The molecule has 6 heteroatoms. The van der Waals surface area contributed by atoms with E-state index in [1.807, 2.05) is 32.0 Å². The maximum absolute atomic E-state index is 12.2. The molecule has 0 radical (unpaired) electrons. The maximum atomic E-state index is 12.2. The van der Waals surface area contributed by atoms with Gasteiger partial charge in [-0.3, -0.25) is 14.9 Å². The highest BCUT2D eigenvalue weighted by molar-refractivity contribution is 5.87. The van der Waals surface area contributed by atoms with Crippen LogP contribution in [0.3, 0.4) is 0 Å². The third-order valence-electron chi connectivity index (χ3n) is 3.54. The molecule has 1 aliphatic heterocycles. The Balaban J connectivity index is 2.03. The number of nitrogens with one attached hydrogen (secondary N) is 3. The van der Waals surface area contributed by atoms with Gasteiger partial charge in [0.1, 0.15) is 11.8 Å². The topological polar surface area (TPSA) is 79.5 Å². The lowest BCUT2D eigenvalue weighted by Crippen LogP contribution is -2.58. The number of benzene rings is 1. The number of methoxy groups -OCH3 is 1. The molecule has 0 saturated carbocycles. The average Bonchev–Trinajstić information content (AvgIpc) is 2.47. The summed E-state index contributed by atoms with van der Waals surface area (Å²) < 4.78 is 5.34. The summed E-state index contributed by atoms with van der Waals surface area (Å²) >= 11 is 0. The summed E-state index contributed by atoms with van der Waals surface area (Å²) in [4.78, 5) is 23.3. The van der Waals surface area contributed by atoms with Gasteiger partial charge in [-0.1, -0.05) is 17.7 Å². The first-order valence-corrected chi connectivity index (χ1v) is 6.96. The van der Waals surface area contributed by atoms with Crippen LogP contribution >= 0.6 is 0 Å². The first kappa shape index (κ1) is 15.3. The molecule has 2 atom stereocenters. The molecule has 0 aliphatic carbocycles. The molecule has 2 rings (SSSR count). The highest BCUT2D eigenvalue weighted by atomic mass is 16.5. The first-order chi connectivity index (χ1) is 10.0. The number of amides is 2. The van der Waals surface area contributed by atoms with Gasteiger partial charge in [-0.2, -0.15) is 0 Å². The fourth-order valence-electron chi connectivity index (χ4n) is 2.34. The number of carbonyl (C=O) groups is 2. The molecule has 114 valence electrons. The van der Waals surface area contributed by atoms with Crippen molar-refractivity contribution in [3.63, 3.8) is 0 Å². The number of aryl methyl sites for hydroxylation is 1. The molecular formula is C15H21N3O3. The molecule has 6 nitrogen and oxygen atoms in total. The van der Waals surface area contributed by atoms with Crippen LogP contribution in [0.25, 0.3) is 0 Å². The van der Waals surface area contributed by atoms with Crippen LogP contribution in [-0.4, -0.2) is 38.1 Å². The minimum absolute atomic E-state index is 0.0903. The molecule has 0 aromatic heterocycles. The molecule has 2 amide bonds. The van der Waals surface area contributed by atoms with E-state index in [2.05, 4.69) is 16.0 Å². The Morgan fingerprint density at radius 3 is 2.86 bits per heavy atom. The summed E-state index contributed by atoms with van der Waals surface area (Å²) in [6.45, 7) is 4.38. The second-order valence-electron chi connectivity index (χ2n) is 5.21. The van der Waals surface area contributed by atoms with E-state index in [1.54, 1.807) is 7.11 Å². The van der Waals surface area contributed by atoms with Crippen LogP contribution in [-0.2, 0) is 9.59 Å². The molecule has 2 unspecified atom stereocenters. The minimum Gasteiger partial charge on any atom is -0.496 e. The second-order valence-corrected chi connectivity index (χ2v) is 5.21. The number of rotatable bonds is 4. The van der Waals surface area contributed by atoms with Gasteiger partial charge in [-0.15, -0.1) is 0 Å². The zero-order valence-electron chi connectivity index (χ0n) is 12.5. The highest BCUT2D eigenvalue weighted by Gasteiger charge is 2.25. The Hall–Kier alpha value is -2.08. The number of piperazine rings is 1. The van der Waals surface area contributed by atoms with Crippen molar-refractivity contribution in [2.24, 2.45) is 0 Å². The largest absolute Gasteiger partial charge is 0.496 e. The summed E-state index contributed by atoms with van der Waals surface area (Å²) in [6.07, 6.45) is 0. The van der Waals surface area contributed by atoms with E-state index in [1.165, 1.54) is 0 Å². The quantitative estimate of drug-likeness (QED) is 0.744. The van der Waals surface area contributed by atoms with E-state index in [0.29, 0.717) is 6.54 Å². The standard InChI is InChI=1S/C15H21N3O3/c1-9-4-5-13(21-3)11(6-9)10(2)18-15(20)12-7-17-14(19)8-16-12/h4-6,10,12,16H,7-8H2,1-3H3,(H,17,19)(H,18,20). The maximum Gasteiger partial charge on any atom is 0.239 e. The Kier molecular flexibility index (Phi) is 4.80. The number of hydrogen-bond donors (Lipinski definition) is 3. The average molecular weight is 291 g/mol. The van der Waals surface area contributed by atoms with Gasteiger partial charge >= 0.3 is 0 Å². The Bertz CT molecular complexity index is 535. The SMILES string of the molecule is COc1ccc(C)cc1C(C)NC(=O)C1CNC(=O)CN1. The second kappa shape index (κ2) is 6.58. The van der Waals surface area contributed by atoms with Crippen molar-refractivity contribution in [3.8, 4) is 5.75 Å². The highest BCUT2D eigenvalue weighted by Crippen LogP contribution is 2.26. The van der Waals surface area contributed by atoms with E-state index in [9.17, 15) is 9.59 Å². The summed E-state index contributed by atoms with van der Waals surface area (Å²) in [5.74, 6) is 0.525. The lowest BCUT2D eigenvalue weighted by molar-refractivity contribution is -0.127. The van der Waals surface area contributed by atoms with Gasteiger partial charge in [0.25, 0.3) is 0 Å². The molecule has 1 aromatic rings. The first-order valence-electron chi connectivity index (χ1n) is 6.96. The fraction of sp³-hybridized carbons (Fsp3) is 0.467. The Labute approximate surface area is 124 Å². The molecule has 1 saturated heterocycles. The predicted molar refractivity (Wildman–Crippen MR) is 79.1 cm³/mol. The predicted octanol–water partition coefficient (Wildman–Crippen LogP) is 0.269. The summed E-state index contributed by atoms with van der Waals surface area (Å²) in [5.41, 5.74) is 2.04. The molecule has 0 spiro atoms. The number of hydrogen-bond acceptors (Lipinski definition) is 4. The summed E-state index contributed by atoms with van der Waals surface area (Å²) in [5, 5.41) is 8.53. The van der Waals surface area contributed by atoms with E-state index in [-0.39, 0.29) is 24.4 Å². The summed E-state index contributed by atoms with van der Waals surface area (Å²) in [7, 11) is 1.61. The van der Waals surface area contributed by atoms with Gasteiger partial charge in [0.2, 0.25) is 11.8 Å². The lowest BCUT2D eigenvalue weighted by Gasteiger charge is -2.25. The van der Waals surface area contributed by atoms with E-state index in [4.69, 9.17) is 4.74 Å². The molecule has 3 N–H and O–H groups in total. The molecule has 1 heterocycles. The van der Waals surface area contributed by atoms with Crippen LogP contribution in [0, 0.1) is 6.92 Å². The Morgan fingerprint density at radius 2 is 2.24 bits per heavy atom. The van der Waals surface area contributed by atoms with Crippen LogP contribution in [0.2, 0.25) is 0 Å². The van der Waals surface area contributed by atoms with Crippen molar-refractivity contribution in [3.05, 3.63) is 29.3 Å². The van der Waals surface area contributed by atoms with Crippen molar-refractivity contribution in [2.75, 3.05) is 20.2 Å². The minimum atomic E-state index is -0.402. The molecule has 1 aromatic carbocycles. The zero-order valence-corrected chi connectivity index (χ0v) is 12.5. The third kappa shape index (κ3) is 3.72. The normalized spacial score (nSPS) is 19.6. The number of carbonyl (C=O) groups excluding carboxylic acids is 2. The van der Waals surface area contributed by atoms with Gasteiger partial charge in [0, 0.05) is 12.1 Å². The molecule has 1 aliphatic rings. The van der Waals surface area contributed by atoms with Gasteiger partial charge in [0.05, 0.1) is 19.7 Å². The van der Waals surface area contributed by atoms with Crippen LogP contribution < -0.4 is 20.7 Å². The van der Waals surface area contributed by atoms with Crippen molar-refractivity contribution >= 4 is 11.8 Å². The third-order valence-corrected chi connectivity index (χ3v) is 3.54. The molecule has 21 heavy (non-hydrogen) atoms. The van der Waals surface area contributed by atoms with Crippen molar-refractivity contribution in [1.29, 1.82) is 0 Å². The molecular weight excluding hydrogens is 270 g/mol. The smallest absolute Gasteiger partial charge is 0.239 e. The van der Waals surface area contributed by atoms with Crippen LogP contribution in [0.5, 0.6) is 5.75 Å². The zero-order chi connectivity index (χ0) is 15.4.